The van der Waals surface area contributed by atoms with Crippen LogP contribution in [0.25, 0.3) is 10.8 Å². The average Bonchev–Trinajstić information content (AvgIpc) is 3.09. The number of amides is 1. The van der Waals surface area contributed by atoms with Crippen molar-refractivity contribution in [3.8, 4) is 0 Å². The number of rotatable bonds is 6. The zero-order valence-electron chi connectivity index (χ0n) is 17.3. The lowest BCUT2D eigenvalue weighted by Crippen LogP contribution is -2.15. The normalized spacial score (nSPS) is 11.0. The minimum atomic E-state index is -0.0488. The molecule has 4 rings (SSSR count). The summed E-state index contributed by atoms with van der Waals surface area (Å²) in [4.78, 5) is 12.4. The van der Waals surface area contributed by atoms with Crippen LogP contribution in [0, 0.1) is 13.8 Å². The highest BCUT2D eigenvalue weighted by atomic mass is 32.2. The zero-order chi connectivity index (χ0) is 21.1. The molecule has 1 aromatic heterocycles. The van der Waals surface area contributed by atoms with Crippen molar-refractivity contribution in [2.45, 2.75) is 25.4 Å². The van der Waals surface area contributed by atoms with Crippen molar-refractivity contribution in [3.63, 3.8) is 0 Å². The van der Waals surface area contributed by atoms with Gasteiger partial charge in [0.1, 0.15) is 5.82 Å². The minimum Gasteiger partial charge on any atom is -0.325 e. The van der Waals surface area contributed by atoms with E-state index < -0.39 is 0 Å². The molecule has 0 bridgehead atoms. The first-order valence-electron chi connectivity index (χ1n) is 9.86. The van der Waals surface area contributed by atoms with Crippen LogP contribution >= 0.6 is 11.8 Å². The highest BCUT2D eigenvalue weighted by Gasteiger charge is 2.14. The van der Waals surface area contributed by atoms with Gasteiger partial charge in [0.05, 0.1) is 5.75 Å². The highest BCUT2D eigenvalue weighted by Crippen LogP contribution is 2.23. The topological polar surface area (TPSA) is 59.8 Å². The number of fused-ring (bicyclic) bond motifs is 1. The number of aryl methyl sites for hydroxylation is 1. The molecule has 4 aromatic rings. The van der Waals surface area contributed by atoms with Crippen molar-refractivity contribution < 1.29 is 4.79 Å². The molecule has 5 nitrogen and oxygen atoms in total. The van der Waals surface area contributed by atoms with Crippen LogP contribution in [-0.4, -0.2) is 26.4 Å². The van der Waals surface area contributed by atoms with Gasteiger partial charge >= 0.3 is 0 Å². The van der Waals surface area contributed by atoms with Crippen molar-refractivity contribution in [3.05, 3.63) is 83.2 Å². The second-order valence-electron chi connectivity index (χ2n) is 7.36. The van der Waals surface area contributed by atoms with E-state index in [2.05, 4.69) is 51.9 Å². The standard InChI is InChI=1S/C24H24N4OS/c1-16-8-6-13-21(17(16)2)25-23(29)15-30-24-27-26-22(28(24)3)14-19-11-7-10-18-9-4-5-12-20(18)19/h4-13H,14-15H2,1-3H3,(H,25,29). The molecule has 0 saturated heterocycles. The van der Waals surface area contributed by atoms with Crippen LogP contribution in [0.1, 0.15) is 22.5 Å². The summed E-state index contributed by atoms with van der Waals surface area (Å²) in [6.45, 7) is 4.05. The summed E-state index contributed by atoms with van der Waals surface area (Å²) in [5.41, 5.74) is 4.32. The number of nitrogens with zero attached hydrogens (tertiary/aromatic N) is 3. The Morgan fingerprint density at radius 3 is 2.63 bits per heavy atom. The lowest BCUT2D eigenvalue weighted by Gasteiger charge is -2.10. The fourth-order valence-corrected chi connectivity index (χ4v) is 4.17. The molecule has 1 heterocycles. The van der Waals surface area contributed by atoms with E-state index in [0.717, 1.165) is 27.8 Å². The maximum atomic E-state index is 12.4. The molecule has 0 saturated carbocycles. The van der Waals surface area contributed by atoms with Gasteiger partial charge in [-0.05, 0) is 47.4 Å². The van der Waals surface area contributed by atoms with E-state index in [1.54, 1.807) is 0 Å². The van der Waals surface area contributed by atoms with Gasteiger partial charge in [0.25, 0.3) is 0 Å². The average molecular weight is 417 g/mol. The Hall–Kier alpha value is -3.12. The van der Waals surface area contributed by atoms with Crippen LogP contribution in [0.3, 0.4) is 0 Å². The molecule has 0 atom stereocenters. The number of anilines is 1. The number of carbonyl (C=O) groups excluding carboxylic acids is 1. The third-order valence-electron chi connectivity index (χ3n) is 5.36. The van der Waals surface area contributed by atoms with Crippen molar-refractivity contribution in [1.29, 1.82) is 0 Å². The van der Waals surface area contributed by atoms with Crippen molar-refractivity contribution in [1.82, 2.24) is 14.8 Å². The predicted octanol–water partition coefficient (Wildman–Crippen LogP) is 4.91. The highest BCUT2D eigenvalue weighted by molar-refractivity contribution is 7.99. The third kappa shape index (κ3) is 4.24. The summed E-state index contributed by atoms with van der Waals surface area (Å²) in [6.07, 6.45) is 0.695. The molecule has 0 radical (unpaired) electrons. The summed E-state index contributed by atoms with van der Waals surface area (Å²) in [6, 6.07) is 20.6. The Bertz CT molecular complexity index is 1210. The second kappa shape index (κ2) is 8.71. The van der Waals surface area contributed by atoms with Crippen LogP contribution in [0.2, 0.25) is 0 Å². The fraction of sp³-hybridized carbons (Fsp3) is 0.208. The van der Waals surface area contributed by atoms with Crippen LogP contribution in [0.15, 0.2) is 65.8 Å². The quantitative estimate of drug-likeness (QED) is 0.454. The van der Waals surface area contributed by atoms with Gasteiger partial charge in [-0.2, -0.15) is 0 Å². The van der Waals surface area contributed by atoms with E-state index in [4.69, 9.17) is 0 Å². The first kappa shape index (κ1) is 20.2. The van der Waals surface area contributed by atoms with Gasteiger partial charge in [0.15, 0.2) is 5.16 Å². The third-order valence-corrected chi connectivity index (χ3v) is 6.38. The Morgan fingerprint density at radius 1 is 1.00 bits per heavy atom. The van der Waals surface area contributed by atoms with E-state index in [1.165, 1.54) is 28.1 Å². The second-order valence-corrected chi connectivity index (χ2v) is 8.30. The Labute approximate surface area is 180 Å². The number of aromatic nitrogens is 3. The molecule has 30 heavy (non-hydrogen) atoms. The molecular weight excluding hydrogens is 392 g/mol. The fourth-order valence-electron chi connectivity index (χ4n) is 3.44. The van der Waals surface area contributed by atoms with Gasteiger partial charge in [-0.3, -0.25) is 4.79 Å². The Morgan fingerprint density at radius 2 is 1.77 bits per heavy atom. The van der Waals surface area contributed by atoms with Gasteiger partial charge in [-0.25, -0.2) is 0 Å². The molecule has 3 aromatic carbocycles. The largest absolute Gasteiger partial charge is 0.325 e. The molecule has 1 amide bonds. The van der Waals surface area contributed by atoms with Crippen molar-refractivity contribution in [2.75, 3.05) is 11.1 Å². The molecular formula is C24H24N4OS. The molecule has 0 spiro atoms. The molecule has 0 unspecified atom stereocenters. The SMILES string of the molecule is Cc1cccc(NC(=O)CSc2nnc(Cc3cccc4ccccc34)n2C)c1C. The summed E-state index contributed by atoms with van der Waals surface area (Å²) >= 11 is 1.40. The summed E-state index contributed by atoms with van der Waals surface area (Å²) in [5, 5.41) is 14.8. The molecule has 152 valence electrons. The molecule has 1 N–H and O–H groups in total. The molecule has 0 aliphatic heterocycles. The molecule has 0 aliphatic rings. The van der Waals surface area contributed by atoms with Gasteiger partial charge in [0, 0.05) is 19.2 Å². The summed E-state index contributed by atoms with van der Waals surface area (Å²) < 4.78 is 1.97. The Balaban J connectivity index is 1.43. The van der Waals surface area contributed by atoms with E-state index in [-0.39, 0.29) is 11.7 Å². The van der Waals surface area contributed by atoms with Crippen LogP contribution in [0.5, 0.6) is 0 Å². The van der Waals surface area contributed by atoms with Crippen LogP contribution in [-0.2, 0) is 18.3 Å². The van der Waals surface area contributed by atoms with Gasteiger partial charge < -0.3 is 9.88 Å². The smallest absolute Gasteiger partial charge is 0.234 e. The predicted molar refractivity (Wildman–Crippen MR) is 123 cm³/mol. The molecule has 0 aliphatic carbocycles. The van der Waals surface area contributed by atoms with Gasteiger partial charge in [-0.15, -0.1) is 10.2 Å². The summed E-state index contributed by atoms with van der Waals surface area (Å²) in [5.74, 6) is 1.12. The minimum absolute atomic E-state index is 0.0488. The van der Waals surface area contributed by atoms with E-state index in [1.807, 2.05) is 49.7 Å². The zero-order valence-corrected chi connectivity index (χ0v) is 18.2. The lowest BCUT2D eigenvalue weighted by molar-refractivity contribution is -0.113. The van der Waals surface area contributed by atoms with Crippen molar-refractivity contribution >= 4 is 34.1 Å². The maximum absolute atomic E-state index is 12.4. The number of benzene rings is 3. The van der Waals surface area contributed by atoms with Crippen LogP contribution < -0.4 is 5.32 Å². The summed E-state index contributed by atoms with van der Waals surface area (Å²) in [7, 11) is 1.95. The number of thioether (sulfide) groups is 1. The first-order valence-corrected chi connectivity index (χ1v) is 10.9. The van der Waals surface area contributed by atoms with Crippen molar-refractivity contribution in [2.24, 2.45) is 7.05 Å². The number of hydrogen-bond acceptors (Lipinski definition) is 4. The monoisotopic (exact) mass is 416 g/mol. The Kier molecular flexibility index (Phi) is 5.86. The van der Waals surface area contributed by atoms with Gasteiger partial charge in [0.2, 0.25) is 5.91 Å². The number of hydrogen-bond donors (Lipinski definition) is 1. The molecule has 6 heteroatoms. The van der Waals surface area contributed by atoms with E-state index in [9.17, 15) is 4.79 Å². The molecule has 0 fully saturated rings. The number of nitrogens with one attached hydrogen (secondary N) is 1. The maximum Gasteiger partial charge on any atom is 0.234 e. The van der Waals surface area contributed by atoms with Crippen LogP contribution in [0.4, 0.5) is 5.69 Å². The van der Waals surface area contributed by atoms with Gasteiger partial charge in [-0.1, -0.05) is 66.4 Å². The van der Waals surface area contributed by atoms with E-state index in [0.29, 0.717) is 6.42 Å². The number of carbonyl (C=O) groups is 1. The van der Waals surface area contributed by atoms with E-state index >= 15 is 0 Å². The lowest BCUT2D eigenvalue weighted by atomic mass is 10.0. The first-order chi connectivity index (χ1) is 14.5.